The molecule has 7 nitrogen and oxygen atoms in total. The molecule has 2 N–H and O–H groups in total. The van der Waals surface area contributed by atoms with Crippen molar-refractivity contribution < 1.29 is 34.1 Å². The van der Waals surface area contributed by atoms with Crippen LogP contribution >= 0.6 is 0 Å². The second-order valence-electron chi connectivity index (χ2n) is 4.46. The van der Waals surface area contributed by atoms with Crippen LogP contribution in [-0.4, -0.2) is 47.4 Å². The fraction of sp³-hybridized carbons (Fsp3) is 0.769. The third-order valence-corrected chi connectivity index (χ3v) is 2.30. The van der Waals surface area contributed by atoms with Gasteiger partial charge in [-0.05, 0) is 26.2 Å². The Bertz CT molecular complexity index is 304. The molecule has 116 valence electrons. The number of cyclic esters (lactones) is 1. The second kappa shape index (κ2) is 11.2. The molecule has 0 amide bonds. The highest BCUT2D eigenvalue weighted by atomic mass is 16.5. The summed E-state index contributed by atoms with van der Waals surface area (Å²) in [7, 11) is 0. The Balaban J connectivity index is 0.000000493. The minimum absolute atomic E-state index is 0.00222. The molecule has 0 aromatic heterocycles. The second-order valence-corrected chi connectivity index (χ2v) is 4.46. The number of carboxylic acids is 1. The van der Waals surface area contributed by atoms with Crippen molar-refractivity contribution in [2.24, 2.45) is 0 Å². The molecular formula is C13H22O7. The van der Waals surface area contributed by atoms with Gasteiger partial charge in [0, 0.05) is 19.3 Å². The molecular weight excluding hydrogens is 268 g/mol. The molecule has 0 aromatic rings. The van der Waals surface area contributed by atoms with E-state index < -0.39 is 18.0 Å². The van der Waals surface area contributed by atoms with Gasteiger partial charge >= 0.3 is 17.9 Å². The summed E-state index contributed by atoms with van der Waals surface area (Å²) in [5.74, 6) is -1.30. The van der Waals surface area contributed by atoms with Gasteiger partial charge in [0.25, 0.3) is 0 Å². The zero-order valence-corrected chi connectivity index (χ0v) is 11.7. The van der Waals surface area contributed by atoms with Gasteiger partial charge < -0.3 is 19.7 Å². The summed E-state index contributed by atoms with van der Waals surface area (Å²) in [4.78, 5) is 31.0. The Labute approximate surface area is 117 Å². The zero-order valence-electron chi connectivity index (χ0n) is 11.7. The van der Waals surface area contributed by atoms with Gasteiger partial charge in [0.1, 0.15) is 6.61 Å². The zero-order chi connectivity index (χ0) is 15.4. The number of hydrogen-bond acceptors (Lipinski definition) is 6. The minimum atomic E-state index is -0.859. The molecule has 1 rings (SSSR count). The monoisotopic (exact) mass is 290 g/mol. The quantitative estimate of drug-likeness (QED) is 0.529. The fourth-order valence-corrected chi connectivity index (χ4v) is 1.31. The number of aliphatic hydroxyl groups excluding tert-OH is 1. The van der Waals surface area contributed by atoms with Crippen molar-refractivity contribution in [1.82, 2.24) is 0 Å². The van der Waals surface area contributed by atoms with E-state index in [9.17, 15) is 14.4 Å². The van der Waals surface area contributed by atoms with E-state index in [1.54, 1.807) is 0 Å². The van der Waals surface area contributed by atoms with Gasteiger partial charge in [-0.3, -0.25) is 14.4 Å². The number of esters is 2. The van der Waals surface area contributed by atoms with Crippen LogP contribution in [0.4, 0.5) is 0 Å². The predicted molar refractivity (Wildman–Crippen MR) is 68.9 cm³/mol. The van der Waals surface area contributed by atoms with Gasteiger partial charge in [-0.15, -0.1) is 0 Å². The lowest BCUT2D eigenvalue weighted by molar-refractivity contribution is -0.146. The van der Waals surface area contributed by atoms with Gasteiger partial charge in [0.2, 0.25) is 0 Å². The third kappa shape index (κ3) is 12.8. The molecule has 1 saturated heterocycles. The van der Waals surface area contributed by atoms with Crippen LogP contribution in [0.25, 0.3) is 0 Å². The first-order valence-electron chi connectivity index (χ1n) is 6.63. The molecule has 0 saturated carbocycles. The number of unbranched alkanes of at least 4 members (excludes halogenated alkanes) is 1. The molecule has 1 unspecified atom stereocenters. The van der Waals surface area contributed by atoms with E-state index in [4.69, 9.17) is 10.2 Å². The van der Waals surface area contributed by atoms with Crippen molar-refractivity contribution in [2.45, 2.75) is 51.6 Å². The summed E-state index contributed by atoms with van der Waals surface area (Å²) < 4.78 is 9.19. The lowest BCUT2D eigenvalue weighted by Gasteiger charge is -2.05. The largest absolute Gasteiger partial charge is 0.481 e. The smallest absolute Gasteiger partial charge is 0.305 e. The number of hydrogen-bond donors (Lipinski definition) is 2. The molecule has 1 atom stereocenters. The van der Waals surface area contributed by atoms with Gasteiger partial charge in [-0.1, -0.05) is 0 Å². The molecule has 1 fully saturated rings. The van der Waals surface area contributed by atoms with Crippen molar-refractivity contribution in [3.63, 3.8) is 0 Å². The van der Waals surface area contributed by atoms with Crippen LogP contribution in [0.15, 0.2) is 0 Å². The van der Waals surface area contributed by atoms with Crippen LogP contribution in [0.2, 0.25) is 0 Å². The summed E-state index contributed by atoms with van der Waals surface area (Å²) in [6, 6.07) is 0. The highest BCUT2D eigenvalue weighted by Crippen LogP contribution is 2.02. The SMILES string of the molecule is CC(O)COC(=O)CCCCC(=O)O.O=C1CCCO1. The van der Waals surface area contributed by atoms with E-state index >= 15 is 0 Å². The molecule has 0 aliphatic carbocycles. The Morgan fingerprint density at radius 2 is 2.00 bits per heavy atom. The highest BCUT2D eigenvalue weighted by Gasteiger charge is 2.08. The predicted octanol–water partition coefficient (Wildman–Crippen LogP) is 0.879. The fourth-order valence-electron chi connectivity index (χ4n) is 1.31. The molecule has 0 radical (unpaired) electrons. The first-order valence-corrected chi connectivity index (χ1v) is 6.63. The molecule has 0 spiro atoms. The number of aliphatic hydroxyl groups is 1. The summed E-state index contributed by atoms with van der Waals surface area (Å²) in [5, 5.41) is 17.1. The summed E-state index contributed by atoms with van der Waals surface area (Å²) >= 11 is 0. The lowest BCUT2D eigenvalue weighted by Crippen LogP contribution is -2.15. The van der Waals surface area contributed by atoms with Gasteiger partial charge in [0.05, 0.1) is 12.7 Å². The normalized spacial score (nSPS) is 14.8. The number of ether oxygens (including phenoxy) is 2. The van der Waals surface area contributed by atoms with Crippen LogP contribution in [0.3, 0.4) is 0 Å². The highest BCUT2D eigenvalue weighted by molar-refractivity contribution is 5.70. The molecule has 1 heterocycles. The first kappa shape index (κ1) is 18.4. The van der Waals surface area contributed by atoms with E-state index in [1.165, 1.54) is 6.92 Å². The van der Waals surface area contributed by atoms with E-state index in [0.29, 0.717) is 25.9 Å². The molecule has 0 bridgehead atoms. The Morgan fingerprint density at radius 3 is 2.40 bits per heavy atom. The maximum atomic E-state index is 10.9. The average molecular weight is 290 g/mol. The molecule has 0 aromatic carbocycles. The van der Waals surface area contributed by atoms with Gasteiger partial charge in [-0.2, -0.15) is 0 Å². The van der Waals surface area contributed by atoms with E-state index in [-0.39, 0.29) is 25.4 Å². The van der Waals surface area contributed by atoms with E-state index in [0.717, 1.165) is 6.42 Å². The number of aliphatic carboxylic acids is 1. The van der Waals surface area contributed by atoms with Crippen molar-refractivity contribution in [3.05, 3.63) is 0 Å². The Morgan fingerprint density at radius 1 is 1.35 bits per heavy atom. The summed E-state index contributed by atoms with van der Waals surface area (Å²) in [5.41, 5.74) is 0. The summed E-state index contributed by atoms with van der Waals surface area (Å²) in [6.45, 7) is 2.16. The van der Waals surface area contributed by atoms with Crippen LogP contribution in [0, 0.1) is 0 Å². The molecule has 1 aliphatic rings. The number of rotatable bonds is 7. The minimum Gasteiger partial charge on any atom is -0.481 e. The third-order valence-electron chi connectivity index (χ3n) is 2.30. The molecule has 20 heavy (non-hydrogen) atoms. The number of carboxylic acid groups (broad SMARTS) is 1. The van der Waals surface area contributed by atoms with Crippen molar-refractivity contribution in [3.8, 4) is 0 Å². The van der Waals surface area contributed by atoms with E-state index in [1.807, 2.05) is 0 Å². The maximum absolute atomic E-state index is 10.9. The maximum Gasteiger partial charge on any atom is 0.305 e. The molecule has 7 heteroatoms. The van der Waals surface area contributed by atoms with Crippen LogP contribution in [0.1, 0.15) is 45.4 Å². The Hall–Kier alpha value is -1.63. The van der Waals surface area contributed by atoms with Crippen LogP contribution < -0.4 is 0 Å². The van der Waals surface area contributed by atoms with Crippen molar-refractivity contribution >= 4 is 17.9 Å². The topological polar surface area (TPSA) is 110 Å². The number of carbonyl (C=O) groups excluding carboxylic acids is 2. The molecule has 1 aliphatic heterocycles. The Kier molecular flexibility index (Phi) is 10.3. The van der Waals surface area contributed by atoms with Crippen molar-refractivity contribution in [2.75, 3.05) is 13.2 Å². The van der Waals surface area contributed by atoms with E-state index in [2.05, 4.69) is 9.47 Å². The number of carbonyl (C=O) groups is 3. The standard InChI is InChI=1S/C9H16O5.C4H6O2/c1-7(10)6-14-9(13)5-3-2-4-8(11)12;5-4-2-1-3-6-4/h7,10H,2-6H2,1H3,(H,11,12);1-3H2. The average Bonchev–Trinajstić information content (AvgIpc) is 2.84. The first-order chi connectivity index (χ1) is 9.41. The van der Waals surface area contributed by atoms with Crippen LogP contribution in [0.5, 0.6) is 0 Å². The van der Waals surface area contributed by atoms with Crippen molar-refractivity contribution in [1.29, 1.82) is 0 Å². The van der Waals surface area contributed by atoms with Gasteiger partial charge in [0.15, 0.2) is 0 Å². The van der Waals surface area contributed by atoms with Gasteiger partial charge in [-0.25, -0.2) is 0 Å². The lowest BCUT2D eigenvalue weighted by atomic mass is 10.2. The summed E-state index contributed by atoms with van der Waals surface area (Å²) in [6.07, 6.45) is 2.14. The van der Waals surface area contributed by atoms with Crippen LogP contribution in [-0.2, 0) is 23.9 Å².